The maximum absolute atomic E-state index is 5.69. The van der Waals surface area contributed by atoms with Crippen LogP contribution in [0.25, 0.3) is 0 Å². The standard InChI is InChI=1S/C17H23N5S/c23-17-21-11-3-1-2-8-16(21)19-22(17)13-20-10-5-7-15(20)14-6-4-9-18-12-14/h4,6,9,12,15H,1-3,5,7-8,10-11,13H2/t15-/m1/s1. The molecule has 1 atom stereocenters. The van der Waals surface area contributed by atoms with Crippen molar-refractivity contribution in [1.82, 2.24) is 24.2 Å². The van der Waals surface area contributed by atoms with Gasteiger partial charge in [-0.3, -0.25) is 9.88 Å². The third kappa shape index (κ3) is 2.97. The summed E-state index contributed by atoms with van der Waals surface area (Å²) in [6.07, 6.45) is 11.0. The number of hydrogen-bond acceptors (Lipinski definition) is 4. The second-order valence-electron chi connectivity index (χ2n) is 6.56. The van der Waals surface area contributed by atoms with Gasteiger partial charge in [-0.25, -0.2) is 4.68 Å². The summed E-state index contributed by atoms with van der Waals surface area (Å²) in [6.45, 7) is 2.92. The first-order valence-electron chi connectivity index (χ1n) is 8.63. The van der Waals surface area contributed by atoms with Gasteiger partial charge >= 0.3 is 0 Å². The van der Waals surface area contributed by atoms with E-state index < -0.39 is 0 Å². The molecular weight excluding hydrogens is 306 g/mol. The first kappa shape index (κ1) is 15.0. The summed E-state index contributed by atoms with van der Waals surface area (Å²) >= 11 is 5.69. The molecule has 1 saturated heterocycles. The molecule has 2 aromatic rings. The number of fused-ring (bicyclic) bond motifs is 1. The first-order valence-corrected chi connectivity index (χ1v) is 9.04. The minimum atomic E-state index is 0.437. The Morgan fingerprint density at radius 2 is 2.13 bits per heavy atom. The Morgan fingerprint density at radius 3 is 3.00 bits per heavy atom. The number of likely N-dealkylation sites (tertiary alicyclic amines) is 1. The lowest BCUT2D eigenvalue weighted by molar-refractivity contribution is 0.189. The summed E-state index contributed by atoms with van der Waals surface area (Å²) in [6, 6.07) is 4.64. The van der Waals surface area contributed by atoms with Crippen molar-refractivity contribution in [2.45, 2.75) is 57.8 Å². The van der Waals surface area contributed by atoms with Crippen LogP contribution in [0, 0.1) is 4.77 Å². The highest BCUT2D eigenvalue weighted by molar-refractivity contribution is 7.71. The normalized spacial score (nSPS) is 22.0. The number of hydrogen-bond donors (Lipinski definition) is 0. The predicted octanol–water partition coefficient (Wildman–Crippen LogP) is 3.33. The van der Waals surface area contributed by atoms with Crippen LogP contribution in [0.4, 0.5) is 0 Å². The van der Waals surface area contributed by atoms with Crippen molar-refractivity contribution in [2.24, 2.45) is 0 Å². The molecule has 0 aliphatic carbocycles. The molecular formula is C17H23N5S. The van der Waals surface area contributed by atoms with Crippen LogP contribution in [-0.4, -0.2) is 30.8 Å². The van der Waals surface area contributed by atoms with Crippen molar-refractivity contribution < 1.29 is 0 Å². The van der Waals surface area contributed by atoms with Gasteiger partial charge < -0.3 is 4.57 Å². The molecule has 2 aromatic heterocycles. The van der Waals surface area contributed by atoms with E-state index in [1.807, 2.05) is 23.1 Å². The van der Waals surface area contributed by atoms with E-state index in [0.29, 0.717) is 6.04 Å². The fourth-order valence-corrected chi connectivity index (χ4v) is 4.13. The third-order valence-electron chi connectivity index (χ3n) is 5.03. The fourth-order valence-electron chi connectivity index (χ4n) is 3.84. The Bertz CT molecular complexity index is 720. The molecule has 0 radical (unpaired) electrons. The van der Waals surface area contributed by atoms with Crippen LogP contribution in [-0.2, 0) is 19.6 Å². The van der Waals surface area contributed by atoms with Gasteiger partial charge in [0.2, 0.25) is 0 Å². The van der Waals surface area contributed by atoms with Crippen molar-refractivity contribution in [1.29, 1.82) is 0 Å². The highest BCUT2D eigenvalue weighted by atomic mass is 32.1. The van der Waals surface area contributed by atoms with Crippen LogP contribution in [0.15, 0.2) is 24.5 Å². The summed E-state index contributed by atoms with van der Waals surface area (Å²) in [5.74, 6) is 1.17. The highest BCUT2D eigenvalue weighted by Gasteiger charge is 2.27. The molecule has 0 amide bonds. The van der Waals surface area contributed by atoms with Crippen molar-refractivity contribution in [3.8, 4) is 0 Å². The Balaban J connectivity index is 1.57. The lowest BCUT2D eigenvalue weighted by Crippen LogP contribution is -2.27. The van der Waals surface area contributed by atoms with Crippen molar-refractivity contribution in [3.63, 3.8) is 0 Å². The van der Waals surface area contributed by atoms with Crippen LogP contribution in [0.3, 0.4) is 0 Å². The molecule has 0 bridgehead atoms. The topological polar surface area (TPSA) is 38.9 Å². The molecule has 4 rings (SSSR count). The smallest absolute Gasteiger partial charge is 0.199 e. The monoisotopic (exact) mass is 329 g/mol. The van der Waals surface area contributed by atoms with Gasteiger partial charge in [-0.05, 0) is 49.5 Å². The molecule has 4 heterocycles. The summed E-state index contributed by atoms with van der Waals surface area (Å²) < 4.78 is 5.17. The Kier molecular flexibility index (Phi) is 4.27. The molecule has 2 aliphatic rings. The SMILES string of the molecule is S=c1n(CN2CCC[C@@H]2c2cccnc2)nc2n1CCCCC2. The zero-order chi connectivity index (χ0) is 15.6. The number of pyridine rings is 1. The van der Waals surface area contributed by atoms with E-state index in [0.717, 1.165) is 31.0 Å². The molecule has 6 heteroatoms. The summed E-state index contributed by atoms with van der Waals surface area (Å²) in [5.41, 5.74) is 1.30. The molecule has 0 spiro atoms. The average Bonchev–Trinajstić information content (AvgIpc) is 3.06. The van der Waals surface area contributed by atoms with E-state index in [1.54, 1.807) is 0 Å². The Morgan fingerprint density at radius 1 is 1.17 bits per heavy atom. The highest BCUT2D eigenvalue weighted by Crippen LogP contribution is 2.31. The number of nitrogens with zero attached hydrogens (tertiary/aromatic N) is 5. The molecule has 0 aromatic carbocycles. The largest absolute Gasteiger partial charge is 0.304 e. The number of rotatable bonds is 3. The zero-order valence-corrected chi connectivity index (χ0v) is 14.2. The van der Waals surface area contributed by atoms with E-state index >= 15 is 0 Å². The zero-order valence-electron chi connectivity index (χ0n) is 13.4. The van der Waals surface area contributed by atoms with Crippen LogP contribution < -0.4 is 0 Å². The Hall–Kier alpha value is -1.53. The average molecular weight is 329 g/mol. The molecule has 1 fully saturated rings. The minimum absolute atomic E-state index is 0.437. The van der Waals surface area contributed by atoms with Gasteiger partial charge in [0.25, 0.3) is 0 Å². The molecule has 0 N–H and O–H groups in total. The summed E-state index contributed by atoms with van der Waals surface area (Å²) in [5, 5.41) is 4.82. The van der Waals surface area contributed by atoms with Gasteiger partial charge in [-0.2, -0.15) is 5.10 Å². The van der Waals surface area contributed by atoms with Crippen LogP contribution in [0.5, 0.6) is 0 Å². The quantitative estimate of drug-likeness (QED) is 0.810. The molecule has 2 aliphatic heterocycles. The molecule has 122 valence electrons. The third-order valence-corrected chi connectivity index (χ3v) is 5.46. The number of aromatic nitrogens is 4. The van der Waals surface area contributed by atoms with E-state index in [-0.39, 0.29) is 0 Å². The predicted molar refractivity (Wildman–Crippen MR) is 91.5 cm³/mol. The maximum atomic E-state index is 5.69. The second-order valence-corrected chi connectivity index (χ2v) is 6.92. The van der Waals surface area contributed by atoms with E-state index in [2.05, 4.69) is 20.5 Å². The first-order chi connectivity index (χ1) is 11.3. The van der Waals surface area contributed by atoms with Crippen LogP contribution in [0.2, 0.25) is 0 Å². The Labute approximate surface area is 142 Å². The van der Waals surface area contributed by atoms with Gasteiger partial charge in [-0.1, -0.05) is 12.5 Å². The molecule has 0 saturated carbocycles. The summed E-state index contributed by atoms with van der Waals surface area (Å²) in [7, 11) is 0. The molecule has 5 nitrogen and oxygen atoms in total. The lowest BCUT2D eigenvalue weighted by atomic mass is 10.1. The lowest BCUT2D eigenvalue weighted by Gasteiger charge is -2.24. The van der Waals surface area contributed by atoms with Gasteiger partial charge in [0, 0.05) is 37.9 Å². The van der Waals surface area contributed by atoms with Crippen LogP contribution >= 0.6 is 12.2 Å². The molecule has 23 heavy (non-hydrogen) atoms. The second kappa shape index (κ2) is 6.53. The van der Waals surface area contributed by atoms with E-state index in [4.69, 9.17) is 17.3 Å². The van der Waals surface area contributed by atoms with Gasteiger partial charge in [0.05, 0.1) is 6.67 Å². The van der Waals surface area contributed by atoms with Gasteiger partial charge in [0.15, 0.2) is 4.77 Å². The van der Waals surface area contributed by atoms with Crippen molar-refractivity contribution >= 4 is 12.2 Å². The van der Waals surface area contributed by atoms with Crippen molar-refractivity contribution in [3.05, 3.63) is 40.7 Å². The van der Waals surface area contributed by atoms with E-state index in [9.17, 15) is 0 Å². The van der Waals surface area contributed by atoms with E-state index in [1.165, 1.54) is 43.5 Å². The summed E-state index contributed by atoms with van der Waals surface area (Å²) in [4.78, 5) is 6.76. The van der Waals surface area contributed by atoms with Crippen LogP contribution in [0.1, 0.15) is 49.5 Å². The maximum Gasteiger partial charge on any atom is 0.199 e. The minimum Gasteiger partial charge on any atom is -0.304 e. The molecule has 0 unspecified atom stereocenters. The van der Waals surface area contributed by atoms with Gasteiger partial charge in [-0.15, -0.1) is 0 Å². The van der Waals surface area contributed by atoms with Gasteiger partial charge in [0.1, 0.15) is 5.82 Å². The van der Waals surface area contributed by atoms with Crippen molar-refractivity contribution in [2.75, 3.05) is 6.54 Å². The fraction of sp³-hybridized carbons (Fsp3) is 0.588. The number of aryl methyl sites for hydroxylation is 1.